The summed E-state index contributed by atoms with van der Waals surface area (Å²) in [6, 6.07) is 6.99. The number of carboxylic acid groups (broad SMARTS) is 1. The second-order valence-corrected chi connectivity index (χ2v) is 4.70. The molecule has 19 heavy (non-hydrogen) atoms. The predicted molar refractivity (Wildman–Crippen MR) is 74.9 cm³/mol. The maximum absolute atomic E-state index is 10.8. The molecule has 0 saturated heterocycles. The molecule has 0 spiro atoms. The lowest BCUT2D eigenvalue weighted by Gasteiger charge is -2.20. The normalized spacial score (nSPS) is 12.4. The molecule has 0 radical (unpaired) electrons. The molecule has 1 aromatic rings. The fraction of sp³-hybridized carbons (Fsp3) is 0.500. The molecule has 2 N–H and O–H groups in total. The van der Waals surface area contributed by atoms with Gasteiger partial charge in [-0.1, -0.05) is 6.07 Å². The molecule has 0 heterocycles. The van der Waals surface area contributed by atoms with Gasteiger partial charge in [0.05, 0.1) is 5.56 Å². The van der Waals surface area contributed by atoms with Crippen LogP contribution in [-0.4, -0.2) is 55.8 Å². The highest BCUT2D eigenvalue weighted by Gasteiger charge is 2.04. The third-order valence-electron chi connectivity index (χ3n) is 2.95. The molecule has 0 aliphatic heterocycles. The van der Waals surface area contributed by atoms with Gasteiger partial charge in [0.2, 0.25) is 0 Å². The van der Waals surface area contributed by atoms with E-state index in [0.29, 0.717) is 18.4 Å². The van der Waals surface area contributed by atoms with Gasteiger partial charge in [-0.15, -0.1) is 0 Å². The summed E-state index contributed by atoms with van der Waals surface area (Å²) in [5.41, 5.74) is 0.242. The first-order valence-corrected chi connectivity index (χ1v) is 6.34. The molecule has 0 bridgehead atoms. The summed E-state index contributed by atoms with van der Waals surface area (Å²) in [6.07, 6.45) is 0. The van der Waals surface area contributed by atoms with Crippen molar-refractivity contribution in [2.24, 2.45) is 0 Å². The number of likely N-dealkylation sites (N-methyl/N-ethyl adjacent to an activating group) is 1. The van der Waals surface area contributed by atoms with Gasteiger partial charge in [-0.05, 0) is 39.2 Å². The lowest BCUT2D eigenvalue weighted by Crippen LogP contribution is -2.36. The van der Waals surface area contributed by atoms with Crippen LogP contribution in [0.4, 0.5) is 0 Å². The molecular weight excluding hydrogens is 244 g/mol. The third-order valence-corrected chi connectivity index (χ3v) is 2.95. The Bertz CT molecular complexity index is 407. The highest BCUT2D eigenvalue weighted by molar-refractivity contribution is 5.87. The number of aromatic carboxylic acids is 1. The van der Waals surface area contributed by atoms with Crippen LogP contribution in [0, 0.1) is 0 Å². The fourth-order valence-corrected chi connectivity index (χ4v) is 1.45. The summed E-state index contributed by atoms with van der Waals surface area (Å²) in [6.45, 7) is 4.29. The number of benzene rings is 1. The molecule has 0 fully saturated rings. The molecule has 0 amide bonds. The smallest absolute Gasteiger partial charge is 0.335 e. The Morgan fingerprint density at radius 3 is 2.84 bits per heavy atom. The van der Waals surface area contributed by atoms with E-state index in [-0.39, 0.29) is 5.56 Å². The molecule has 106 valence electrons. The van der Waals surface area contributed by atoms with E-state index in [0.717, 1.165) is 13.1 Å². The van der Waals surface area contributed by atoms with Crippen LogP contribution in [0.15, 0.2) is 24.3 Å². The zero-order chi connectivity index (χ0) is 14.3. The van der Waals surface area contributed by atoms with Gasteiger partial charge in [0.15, 0.2) is 0 Å². The number of carbonyl (C=O) groups is 1. The second kappa shape index (κ2) is 7.76. The van der Waals surface area contributed by atoms with Crippen molar-refractivity contribution in [3.05, 3.63) is 29.8 Å². The minimum Gasteiger partial charge on any atom is -0.492 e. The van der Waals surface area contributed by atoms with Crippen LogP contribution in [0.1, 0.15) is 17.3 Å². The lowest BCUT2D eigenvalue weighted by atomic mass is 10.2. The Labute approximate surface area is 114 Å². The summed E-state index contributed by atoms with van der Waals surface area (Å²) in [7, 11) is 4.08. The Balaban J connectivity index is 2.26. The van der Waals surface area contributed by atoms with Gasteiger partial charge in [-0.2, -0.15) is 0 Å². The van der Waals surface area contributed by atoms with E-state index in [1.807, 2.05) is 14.1 Å². The first kappa shape index (κ1) is 15.5. The van der Waals surface area contributed by atoms with Crippen molar-refractivity contribution in [3.8, 4) is 5.75 Å². The molecule has 0 aliphatic rings. The molecular formula is C14H22N2O3. The Morgan fingerprint density at radius 1 is 1.47 bits per heavy atom. The lowest BCUT2D eigenvalue weighted by molar-refractivity contribution is 0.0696. The molecule has 1 aromatic carbocycles. The van der Waals surface area contributed by atoms with E-state index in [9.17, 15) is 4.79 Å². The summed E-state index contributed by atoms with van der Waals surface area (Å²) < 4.78 is 5.50. The number of hydrogen-bond acceptors (Lipinski definition) is 4. The zero-order valence-electron chi connectivity index (χ0n) is 11.7. The van der Waals surface area contributed by atoms with Gasteiger partial charge in [0, 0.05) is 19.1 Å². The molecule has 0 aromatic heterocycles. The van der Waals surface area contributed by atoms with E-state index in [2.05, 4.69) is 17.1 Å². The van der Waals surface area contributed by atoms with Gasteiger partial charge in [0.25, 0.3) is 0 Å². The molecule has 5 heteroatoms. The number of hydrogen-bond donors (Lipinski definition) is 2. The van der Waals surface area contributed by atoms with Crippen molar-refractivity contribution < 1.29 is 14.6 Å². The quantitative estimate of drug-likeness (QED) is 0.695. The average molecular weight is 266 g/mol. The summed E-state index contributed by atoms with van der Waals surface area (Å²) in [4.78, 5) is 12.9. The van der Waals surface area contributed by atoms with Crippen LogP contribution in [-0.2, 0) is 0 Å². The van der Waals surface area contributed by atoms with Crippen molar-refractivity contribution in [3.63, 3.8) is 0 Å². The van der Waals surface area contributed by atoms with Crippen LogP contribution in [0.3, 0.4) is 0 Å². The molecule has 0 aliphatic carbocycles. The Morgan fingerprint density at radius 2 is 2.21 bits per heavy atom. The van der Waals surface area contributed by atoms with Gasteiger partial charge in [-0.25, -0.2) is 4.79 Å². The minimum absolute atomic E-state index is 0.242. The van der Waals surface area contributed by atoms with Crippen molar-refractivity contribution in [2.75, 3.05) is 33.8 Å². The van der Waals surface area contributed by atoms with Gasteiger partial charge < -0.3 is 20.1 Å². The van der Waals surface area contributed by atoms with E-state index >= 15 is 0 Å². The molecule has 0 saturated carbocycles. The number of ether oxygens (including phenoxy) is 1. The van der Waals surface area contributed by atoms with Crippen LogP contribution in [0.5, 0.6) is 5.75 Å². The highest BCUT2D eigenvalue weighted by Crippen LogP contribution is 2.12. The van der Waals surface area contributed by atoms with E-state index in [4.69, 9.17) is 9.84 Å². The van der Waals surface area contributed by atoms with Crippen molar-refractivity contribution in [1.82, 2.24) is 10.2 Å². The first-order chi connectivity index (χ1) is 9.00. The second-order valence-electron chi connectivity index (χ2n) is 4.70. The maximum atomic E-state index is 10.8. The van der Waals surface area contributed by atoms with Crippen LogP contribution in [0.2, 0.25) is 0 Å². The zero-order valence-corrected chi connectivity index (χ0v) is 11.7. The number of rotatable bonds is 8. The summed E-state index contributed by atoms with van der Waals surface area (Å²) >= 11 is 0. The Kier molecular flexibility index (Phi) is 6.32. The standard InChI is InChI=1S/C14H22N2O3/c1-11(16(2)3)10-15-7-8-19-13-6-4-5-12(9-13)14(17)18/h4-6,9,11,15H,7-8,10H2,1-3H3,(H,17,18). The highest BCUT2D eigenvalue weighted by atomic mass is 16.5. The van der Waals surface area contributed by atoms with Gasteiger partial charge in [0.1, 0.15) is 12.4 Å². The van der Waals surface area contributed by atoms with Crippen molar-refractivity contribution in [1.29, 1.82) is 0 Å². The Hall–Kier alpha value is -1.59. The van der Waals surface area contributed by atoms with Crippen molar-refractivity contribution in [2.45, 2.75) is 13.0 Å². The van der Waals surface area contributed by atoms with Gasteiger partial charge >= 0.3 is 5.97 Å². The number of nitrogens with one attached hydrogen (secondary N) is 1. The van der Waals surface area contributed by atoms with Crippen LogP contribution < -0.4 is 10.1 Å². The van der Waals surface area contributed by atoms with E-state index in [1.54, 1.807) is 18.2 Å². The SMILES string of the molecule is CC(CNCCOc1cccc(C(=O)O)c1)N(C)C. The number of carboxylic acids is 1. The van der Waals surface area contributed by atoms with Crippen LogP contribution in [0.25, 0.3) is 0 Å². The largest absolute Gasteiger partial charge is 0.492 e. The number of nitrogens with zero attached hydrogens (tertiary/aromatic N) is 1. The van der Waals surface area contributed by atoms with Crippen molar-refractivity contribution >= 4 is 5.97 Å². The molecule has 1 unspecified atom stereocenters. The van der Waals surface area contributed by atoms with Gasteiger partial charge in [-0.3, -0.25) is 0 Å². The monoisotopic (exact) mass is 266 g/mol. The summed E-state index contributed by atoms with van der Waals surface area (Å²) in [5.74, 6) is -0.356. The maximum Gasteiger partial charge on any atom is 0.335 e. The van der Waals surface area contributed by atoms with E-state index in [1.165, 1.54) is 6.07 Å². The third kappa shape index (κ3) is 5.72. The molecule has 5 nitrogen and oxygen atoms in total. The van der Waals surface area contributed by atoms with E-state index < -0.39 is 5.97 Å². The minimum atomic E-state index is -0.941. The topological polar surface area (TPSA) is 61.8 Å². The molecule has 1 atom stereocenters. The summed E-state index contributed by atoms with van der Waals surface area (Å²) in [5, 5.41) is 12.2. The predicted octanol–water partition coefficient (Wildman–Crippen LogP) is 1.30. The van der Waals surface area contributed by atoms with Crippen LogP contribution >= 0.6 is 0 Å². The fourth-order valence-electron chi connectivity index (χ4n) is 1.45. The first-order valence-electron chi connectivity index (χ1n) is 6.34. The molecule has 1 rings (SSSR count). The average Bonchev–Trinajstić information content (AvgIpc) is 2.38.